The standard InChI is InChI=1S/C28H33N9O3/c38-28(34-22-2-5-26(29-17-22)36-11-14-39-15-12-36)37-9-6-21(7-10-37)27-24-4-3-23(16-25(24)30-18-31-27)40-13-1-8-35-19-32-33-20-35/h2-5,16-21H,1,6-15H2,(H,34,38). The molecule has 0 aliphatic carbocycles. The van der Waals surface area contributed by atoms with Gasteiger partial charge in [0.05, 0.1) is 42.9 Å². The Labute approximate surface area is 232 Å². The molecular formula is C28H33N9O3. The van der Waals surface area contributed by atoms with Crippen LogP contribution >= 0.6 is 0 Å². The molecule has 208 valence electrons. The van der Waals surface area contributed by atoms with Gasteiger partial charge in [0.2, 0.25) is 0 Å². The SMILES string of the molecule is O=C(Nc1ccc(N2CCOCC2)nc1)N1CCC(c2ncnc3cc(OCCCn4cnnc4)ccc23)CC1. The second-order valence-corrected chi connectivity index (χ2v) is 10.0. The summed E-state index contributed by atoms with van der Waals surface area (Å²) in [5.41, 5.74) is 2.60. The van der Waals surface area contributed by atoms with Crippen LogP contribution in [0.5, 0.6) is 5.75 Å². The van der Waals surface area contributed by atoms with Gasteiger partial charge in [-0.3, -0.25) is 0 Å². The Bertz CT molecular complexity index is 1400. The zero-order valence-electron chi connectivity index (χ0n) is 22.4. The van der Waals surface area contributed by atoms with E-state index in [9.17, 15) is 4.79 Å². The number of aryl methyl sites for hydroxylation is 1. The summed E-state index contributed by atoms with van der Waals surface area (Å²) in [6.45, 7) is 5.81. The molecule has 12 nitrogen and oxygen atoms in total. The normalized spacial score (nSPS) is 16.3. The number of hydrogen-bond donors (Lipinski definition) is 1. The Morgan fingerprint density at radius 1 is 1.00 bits per heavy atom. The molecule has 0 atom stereocenters. The van der Waals surface area contributed by atoms with Gasteiger partial charge >= 0.3 is 6.03 Å². The summed E-state index contributed by atoms with van der Waals surface area (Å²) in [4.78, 5) is 30.6. The van der Waals surface area contributed by atoms with Gasteiger partial charge in [0.1, 0.15) is 30.5 Å². The second kappa shape index (κ2) is 12.2. The number of hydrogen-bond acceptors (Lipinski definition) is 9. The van der Waals surface area contributed by atoms with E-state index < -0.39 is 0 Å². The number of morpholine rings is 1. The Morgan fingerprint density at radius 2 is 1.82 bits per heavy atom. The average molecular weight is 544 g/mol. The van der Waals surface area contributed by atoms with Gasteiger partial charge in [-0.05, 0) is 43.5 Å². The van der Waals surface area contributed by atoms with E-state index in [-0.39, 0.29) is 11.9 Å². The monoisotopic (exact) mass is 543 g/mol. The van der Waals surface area contributed by atoms with Gasteiger partial charge in [0.15, 0.2) is 0 Å². The predicted molar refractivity (Wildman–Crippen MR) is 150 cm³/mol. The highest BCUT2D eigenvalue weighted by atomic mass is 16.5. The number of urea groups is 1. The van der Waals surface area contributed by atoms with Crippen LogP contribution in [0.25, 0.3) is 10.9 Å². The maximum absolute atomic E-state index is 12.9. The Morgan fingerprint density at radius 3 is 2.60 bits per heavy atom. The molecule has 5 heterocycles. The number of amides is 2. The third kappa shape index (κ3) is 6.12. The lowest BCUT2D eigenvalue weighted by molar-refractivity contribution is 0.122. The van der Waals surface area contributed by atoms with Crippen LogP contribution in [0, 0.1) is 0 Å². The van der Waals surface area contributed by atoms with Crippen LogP contribution in [-0.4, -0.2) is 86.6 Å². The minimum absolute atomic E-state index is 0.0991. The lowest BCUT2D eigenvalue weighted by Gasteiger charge is -2.32. The van der Waals surface area contributed by atoms with E-state index in [0.717, 1.165) is 67.1 Å². The van der Waals surface area contributed by atoms with Crippen molar-refractivity contribution in [3.8, 4) is 5.75 Å². The van der Waals surface area contributed by atoms with Crippen LogP contribution in [0.4, 0.5) is 16.3 Å². The molecule has 1 N–H and O–H groups in total. The molecule has 4 aromatic rings. The summed E-state index contributed by atoms with van der Waals surface area (Å²) >= 11 is 0. The van der Waals surface area contributed by atoms with Crippen molar-refractivity contribution in [1.82, 2.24) is 34.6 Å². The third-order valence-electron chi connectivity index (χ3n) is 7.44. The Balaban J connectivity index is 1.01. The molecule has 6 rings (SSSR count). The molecule has 40 heavy (non-hydrogen) atoms. The van der Waals surface area contributed by atoms with Crippen LogP contribution in [0.2, 0.25) is 0 Å². The van der Waals surface area contributed by atoms with Crippen LogP contribution in [-0.2, 0) is 11.3 Å². The third-order valence-corrected chi connectivity index (χ3v) is 7.44. The maximum Gasteiger partial charge on any atom is 0.321 e. The first-order chi connectivity index (χ1) is 19.7. The largest absolute Gasteiger partial charge is 0.493 e. The van der Waals surface area contributed by atoms with Gasteiger partial charge in [-0.1, -0.05) is 0 Å². The van der Waals surface area contributed by atoms with Crippen molar-refractivity contribution in [2.24, 2.45) is 0 Å². The Kier molecular flexibility index (Phi) is 7.94. The maximum atomic E-state index is 12.9. The Hall–Kier alpha value is -4.32. The number of carbonyl (C=O) groups excluding carboxylic acids is 1. The lowest BCUT2D eigenvalue weighted by Crippen LogP contribution is -2.40. The zero-order valence-corrected chi connectivity index (χ0v) is 22.4. The minimum atomic E-state index is -0.0991. The molecule has 2 aliphatic heterocycles. The smallest absolute Gasteiger partial charge is 0.321 e. The van der Waals surface area contributed by atoms with E-state index in [4.69, 9.17) is 9.47 Å². The highest BCUT2D eigenvalue weighted by molar-refractivity contribution is 5.89. The fraction of sp³-hybridized carbons (Fsp3) is 0.429. The summed E-state index contributed by atoms with van der Waals surface area (Å²) in [6.07, 6.45) is 9.29. The molecular weight excluding hydrogens is 510 g/mol. The molecule has 0 spiro atoms. The fourth-order valence-electron chi connectivity index (χ4n) is 5.25. The number of pyridine rings is 1. The molecule has 3 aromatic heterocycles. The van der Waals surface area contributed by atoms with Crippen molar-refractivity contribution in [3.63, 3.8) is 0 Å². The van der Waals surface area contributed by atoms with Crippen LogP contribution in [0.1, 0.15) is 30.9 Å². The number of likely N-dealkylation sites (tertiary alicyclic amines) is 1. The quantitative estimate of drug-likeness (QED) is 0.333. The average Bonchev–Trinajstić information content (AvgIpc) is 3.53. The van der Waals surface area contributed by atoms with Gasteiger partial charge in [0.25, 0.3) is 0 Å². The minimum Gasteiger partial charge on any atom is -0.493 e. The van der Waals surface area contributed by atoms with E-state index in [1.165, 1.54) is 0 Å². The molecule has 2 amide bonds. The van der Waals surface area contributed by atoms with Crippen molar-refractivity contribution in [2.75, 3.05) is 56.2 Å². The van der Waals surface area contributed by atoms with Gasteiger partial charge in [-0.2, -0.15) is 0 Å². The lowest BCUT2D eigenvalue weighted by atomic mass is 9.91. The molecule has 0 saturated carbocycles. The molecule has 1 aromatic carbocycles. The topological polar surface area (TPSA) is 123 Å². The first-order valence-electron chi connectivity index (χ1n) is 13.8. The summed E-state index contributed by atoms with van der Waals surface area (Å²) in [7, 11) is 0. The zero-order chi connectivity index (χ0) is 27.1. The van der Waals surface area contributed by atoms with Crippen molar-refractivity contribution in [1.29, 1.82) is 0 Å². The molecule has 0 radical (unpaired) electrons. The second-order valence-electron chi connectivity index (χ2n) is 10.0. The predicted octanol–water partition coefficient (Wildman–Crippen LogP) is 3.33. The number of benzene rings is 1. The molecule has 2 aliphatic rings. The van der Waals surface area contributed by atoms with E-state index in [0.29, 0.717) is 38.6 Å². The first-order valence-corrected chi connectivity index (χ1v) is 13.8. The highest BCUT2D eigenvalue weighted by Crippen LogP contribution is 2.32. The fourth-order valence-corrected chi connectivity index (χ4v) is 5.25. The molecule has 2 fully saturated rings. The van der Waals surface area contributed by atoms with Crippen molar-refractivity contribution in [2.45, 2.75) is 31.7 Å². The van der Waals surface area contributed by atoms with Gasteiger partial charge in [-0.25, -0.2) is 19.7 Å². The number of carbonyl (C=O) groups is 1. The van der Waals surface area contributed by atoms with Crippen LogP contribution < -0.4 is 15.0 Å². The number of fused-ring (bicyclic) bond motifs is 1. The number of piperidine rings is 1. The van der Waals surface area contributed by atoms with Gasteiger partial charge < -0.3 is 29.2 Å². The van der Waals surface area contributed by atoms with Gasteiger partial charge in [0, 0.05) is 50.1 Å². The number of ether oxygens (including phenoxy) is 2. The number of nitrogens with one attached hydrogen (secondary N) is 1. The number of anilines is 2. The number of nitrogens with zero attached hydrogens (tertiary/aromatic N) is 8. The highest BCUT2D eigenvalue weighted by Gasteiger charge is 2.26. The summed E-state index contributed by atoms with van der Waals surface area (Å²) in [5.74, 6) is 1.96. The summed E-state index contributed by atoms with van der Waals surface area (Å²) in [5, 5.41) is 11.7. The van der Waals surface area contributed by atoms with E-state index in [1.54, 1.807) is 25.2 Å². The molecule has 0 unspecified atom stereocenters. The van der Waals surface area contributed by atoms with E-state index in [2.05, 4.69) is 35.4 Å². The van der Waals surface area contributed by atoms with Crippen LogP contribution in [0.3, 0.4) is 0 Å². The van der Waals surface area contributed by atoms with Crippen molar-refractivity contribution >= 4 is 28.4 Å². The van der Waals surface area contributed by atoms with E-state index in [1.807, 2.05) is 39.8 Å². The van der Waals surface area contributed by atoms with Crippen molar-refractivity contribution < 1.29 is 14.3 Å². The number of aromatic nitrogens is 6. The molecule has 12 heteroatoms. The van der Waals surface area contributed by atoms with Crippen molar-refractivity contribution in [3.05, 3.63) is 61.2 Å². The van der Waals surface area contributed by atoms with Gasteiger partial charge in [-0.15, -0.1) is 10.2 Å². The molecule has 2 saturated heterocycles. The van der Waals surface area contributed by atoms with Crippen LogP contribution in [0.15, 0.2) is 55.5 Å². The summed E-state index contributed by atoms with van der Waals surface area (Å²) < 4.78 is 13.3. The number of rotatable bonds is 8. The first kappa shape index (κ1) is 25.9. The summed E-state index contributed by atoms with van der Waals surface area (Å²) in [6, 6.07) is 9.76. The van der Waals surface area contributed by atoms with E-state index >= 15 is 0 Å². The molecule has 0 bridgehead atoms.